The predicted octanol–water partition coefficient (Wildman–Crippen LogP) is 3.10. The average molecular weight is 412 g/mol. The molecule has 2 heterocycles. The Labute approximate surface area is 174 Å². The van der Waals surface area contributed by atoms with Crippen LogP contribution >= 0.6 is 0 Å². The highest BCUT2D eigenvalue weighted by atomic mass is 19.1. The molecule has 7 heteroatoms. The van der Waals surface area contributed by atoms with Gasteiger partial charge in [-0.15, -0.1) is 0 Å². The molecule has 6 nitrogen and oxygen atoms in total. The lowest BCUT2D eigenvalue weighted by Gasteiger charge is -2.35. The fraction of sp³-hybridized carbons (Fsp3) is 0.348. The maximum Gasteiger partial charge on any atom is 0.336 e. The molecule has 158 valence electrons. The summed E-state index contributed by atoms with van der Waals surface area (Å²) < 4.78 is 29.4. The number of nitrogens with zero attached hydrogens (tertiary/aromatic N) is 1. The van der Waals surface area contributed by atoms with Crippen molar-refractivity contribution < 1.29 is 18.3 Å². The lowest BCUT2D eigenvalue weighted by molar-refractivity contribution is 0.0161. The van der Waals surface area contributed by atoms with Crippen molar-refractivity contribution in [3.05, 3.63) is 75.9 Å². The summed E-state index contributed by atoms with van der Waals surface area (Å²) in [6.45, 7) is 4.18. The molecule has 1 fully saturated rings. The number of hydrogen-bond donors (Lipinski definition) is 1. The van der Waals surface area contributed by atoms with Crippen molar-refractivity contribution in [2.75, 3.05) is 40.0 Å². The van der Waals surface area contributed by atoms with Crippen LogP contribution in [-0.4, -0.2) is 44.9 Å². The molecule has 1 atom stereocenters. The van der Waals surface area contributed by atoms with E-state index in [4.69, 9.17) is 13.9 Å². The second kappa shape index (κ2) is 9.38. The molecule has 1 aliphatic rings. The van der Waals surface area contributed by atoms with Crippen molar-refractivity contribution in [3.63, 3.8) is 0 Å². The summed E-state index contributed by atoms with van der Waals surface area (Å²) in [5.41, 5.74) is 2.02. The maximum absolute atomic E-state index is 13.4. The molecule has 1 aliphatic heterocycles. The lowest BCUT2D eigenvalue weighted by Crippen LogP contribution is -2.42. The van der Waals surface area contributed by atoms with E-state index < -0.39 is 5.63 Å². The molecule has 0 bridgehead atoms. The Morgan fingerprint density at radius 2 is 1.90 bits per heavy atom. The number of morpholine rings is 1. The highest BCUT2D eigenvalue weighted by molar-refractivity contribution is 5.81. The number of nitrogens with one attached hydrogen (secondary N) is 1. The molecule has 1 saturated heterocycles. The van der Waals surface area contributed by atoms with Gasteiger partial charge in [0.25, 0.3) is 0 Å². The highest BCUT2D eigenvalue weighted by Gasteiger charge is 2.22. The summed E-state index contributed by atoms with van der Waals surface area (Å²) in [5.74, 6) is 0.393. The van der Waals surface area contributed by atoms with Gasteiger partial charge in [-0.2, -0.15) is 0 Å². The van der Waals surface area contributed by atoms with Crippen LogP contribution in [0, 0.1) is 5.82 Å². The molecule has 0 amide bonds. The van der Waals surface area contributed by atoms with Gasteiger partial charge in [-0.25, -0.2) is 9.18 Å². The molecule has 0 aliphatic carbocycles. The number of rotatable bonds is 7. The first-order valence-electron chi connectivity index (χ1n) is 10.0. The van der Waals surface area contributed by atoms with E-state index in [1.165, 1.54) is 18.2 Å². The second-order valence-electron chi connectivity index (χ2n) is 7.30. The van der Waals surface area contributed by atoms with E-state index in [-0.39, 0.29) is 11.9 Å². The van der Waals surface area contributed by atoms with Crippen LogP contribution in [0.1, 0.15) is 17.2 Å². The molecule has 2 aromatic carbocycles. The van der Waals surface area contributed by atoms with E-state index in [9.17, 15) is 9.18 Å². The van der Waals surface area contributed by atoms with Gasteiger partial charge in [0.15, 0.2) is 0 Å². The first kappa shape index (κ1) is 20.5. The van der Waals surface area contributed by atoms with Crippen molar-refractivity contribution in [1.29, 1.82) is 0 Å². The Morgan fingerprint density at radius 3 is 2.63 bits per heavy atom. The molecule has 0 unspecified atom stereocenters. The van der Waals surface area contributed by atoms with Crippen molar-refractivity contribution in [3.8, 4) is 5.75 Å². The van der Waals surface area contributed by atoms with Gasteiger partial charge in [0.05, 0.1) is 20.3 Å². The van der Waals surface area contributed by atoms with Gasteiger partial charge >= 0.3 is 5.63 Å². The number of methoxy groups -OCH3 is 1. The van der Waals surface area contributed by atoms with Gasteiger partial charge in [-0.3, -0.25) is 4.90 Å². The number of fused-ring (bicyclic) bond motifs is 1. The van der Waals surface area contributed by atoms with Crippen LogP contribution in [0.5, 0.6) is 5.75 Å². The van der Waals surface area contributed by atoms with E-state index >= 15 is 0 Å². The summed E-state index contributed by atoms with van der Waals surface area (Å²) >= 11 is 0. The van der Waals surface area contributed by atoms with Crippen LogP contribution in [-0.2, 0) is 11.3 Å². The largest absolute Gasteiger partial charge is 0.497 e. The van der Waals surface area contributed by atoms with Crippen molar-refractivity contribution >= 4 is 11.0 Å². The topological polar surface area (TPSA) is 63.9 Å². The predicted molar refractivity (Wildman–Crippen MR) is 112 cm³/mol. The summed E-state index contributed by atoms with van der Waals surface area (Å²) in [4.78, 5) is 14.3. The van der Waals surface area contributed by atoms with Crippen molar-refractivity contribution in [2.24, 2.45) is 0 Å². The maximum atomic E-state index is 13.4. The minimum absolute atomic E-state index is 0.0842. The second-order valence-corrected chi connectivity index (χ2v) is 7.30. The fourth-order valence-electron chi connectivity index (χ4n) is 3.86. The quantitative estimate of drug-likeness (QED) is 0.602. The van der Waals surface area contributed by atoms with Crippen molar-refractivity contribution in [1.82, 2.24) is 10.2 Å². The van der Waals surface area contributed by atoms with Crippen LogP contribution in [0.2, 0.25) is 0 Å². The third-order valence-electron chi connectivity index (χ3n) is 5.43. The average Bonchev–Trinajstić information content (AvgIpc) is 2.77. The van der Waals surface area contributed by atoms with Crippen LogP contribution in [0.15, 0.2) is 57.7 Å². The SMILES string of the molecule is COc1ccc2c(CNC[C@H](c3ccc(F)cc3)N3CCOCC3)cc(=O)oc2c1. The fourth-order valence-corrected chi connectivity index (χ4v) is 3.86. The Bertz CT molecular complexity index is 1050. The van der Waals surface area contributed by atoms with Gasteiger partial charge in [-0.05, 0) is 35.4 Å². The third kappa shape index (κ3) is 4.70. The molecule has 1 aromatic heterocycles. The van der Waals surface area contributed by atoms with Crippen LogP contribution in [0.3, 0.4) is 0 Å². The highest BCUT2D eigenvalue weighted by Crippen LogP contribution is 2.24. The first-order chi connectivity index (χ1) is 14.6. The molecule has 0 saturated carbocycles. The number of hydrogen-bond acceptors (Lipinski definition) is 6. The monoisotopic (exact) mass is 412 g/mol. The van der Waals surface area contributed by atoms with E-state index in [0.717, 1.165) is 29.6 Å². The lowest BCUT2D eigenvalue weighted by atomic mass is 10.0. The molecule has 4 rings (SSSR count). The van der Waals surface area contributed by atoms with Gasteiger partial charge < -0.3 is 19.2 Å². The summed E-state index contributed by atoms with van der Waals surface area (Å²) in [6.07, 6.45) is 0. The minimum atomic E-state index is -0.393. The Hall–Kier alpha value is -2.74. The van der Waals surface area contributed by atoms with Gasteiger partial charge in [0.2, 0.25) is 0 Å². The zero-order chi connectivity index (χ0) is 20.9. The molecule has 3 aromatic rings. The number of ether oxygens (including phenoxy) is 2. The van der Waals surface area contributed by atoms with E-state index in [2.05, 4.69) is 10.2 Å². The van der Waals surface area contributed by atoms with Crippen LogP contribution in [0.25, 0.3) is 11.0 Å². The Kier molecular flexibility index (Phi) is 6.42. The Morgan fingerprint density at radius 1 is 1.13 bits per heavy atom. The van der Waals surface area contributed by atoms with Gasteiger partial charge in [0.1, 0.15) is 17.1 Å². The number of benzene rings is 2. The number of halogens is 1. The third-order valence-corrected chi connectivity index (χ3v) is 5.43. The summed E-state index contributed by atoms with van der Waals surface area (Å²) in [5, 5.41) is 4.34. The van der Waals surface area contributed by atoms with Crippen LogP contribution in [0.4, 0.5) is 4.39 Å². The van der Waals surface area contributed by atoms with E-state index in [1.54, 1.807) is 13.2 Å². The minimum Gasteiger partial charge on any atom is -0.497 e. The molecule has 0 spiro atoms. The molecular weight excluding hydrogens is 387 g/mol. The smallest absolute Gasteiger partial charge is 0.336 e. The van der Waals surface area contributed by atoms with Gasteiger partial charge in [0, 0.05) is 49.7 Å². The summed E-state index contributed by atoms with van der Waals surface area (Å²) in [7, 11) is 1.58. The van der Waals surface area contributed by atoms with E-state index in [0.29, 0.717) is 37.6 Å². The zero-order valence-electron chi connectivity index (χ0n) is 16.9. The molecule has 0 radical (unpaired) electrons. The standard InChI is InChI=1S/C23H25FN2O4/c1-28-19-6-7-20-17(12-23(27)30-22(20)13-19)14-25-15-21(26-8-10-29-11-9-26)16-2-4-18(24)5-3-16/h2-7,12-13,21,25H,8-11,14-15H2,1H3/t21-/m1/s1. The Balaban J connectivity index is 1.53. The first-order valence-corrected chi connectivity index (χ1v) is 10.0. The zero-order valence-corrected chi connectivity index (χ0v) is 16.9. The molecule has 30 heavy (non-hydrogen) atoms. The molecule has 1 N–H and O–H groups in total. The van der Waals surface area contributed by atoms with Crippen LogP contribution < -0.4 is 15.7 Å². The van der Waals surface area contributed by atoms with Gasteiger partial charge in [-0.1, -0.05) is 12.1 Å². The van der Waals surface area contributed by atoms with Crippen molar-refractivity contribution in [2.45, 2.75) is 12.6 Å². The summed E-state index contributed by atoms with van der Waals surface area (Å²) in [6, 6.07) is 13.7. The van der Waals surface area contributed by atoms with E-state index in [1.807, 2.05) is 24.3 Å². The normalized spacial score (nSPS) is 15.9. The molecular formula is C23H25FN2O4.